The van der Waals surface area contributed by atoms with Crippen LogP contribution in [-0.4, -0.2) is 33.1 Å². The number of anilines is 1. The number of urea groups is 1. The van der Waals surface area contributed by atoms with Crippen LogP contribution in [0.25, 0.3) is 0 Å². The van der Waals surface area contributed by atoms with Gasteiger partial charge in [0.15, 0.2) is 0 Å². The van der Waals surface area contributed by atoms with Crippen molar-refractivity contribution < 1.29 is 9.90 Å². The molecule has 0 aromatic carbocycles. The molecule has 0 unspecified atom stereocenters. The number of nitrogens with zero attached hydrogens (tertiary/aromatic N) is 2. The van der Waals surface area contributed by atoms with E-state index < -0.39 is 5.60 Å². The van der Waals surface area contributed by atoms with Gasteiger partial charge >= 0.3 is 6.03 Å². The van der Waals surface area contributed by atoms with Crippen molar-refractivity contribution in [3.05, 3.63) is 11.4 Å². The quantitative estimate of drug-likeness (QED) is 0.780. The number of hydrogen-bond donors (Lipinski definition) is 3. The Balaban J connectivity index is 1.91. The van der Waals surface area contributed by atoms with Crippen molar-refractivity contribution in [2.24, 2.45) is 5.92 Å². The maximum Gasteiger partial charge on any atom is 0.319 e. The summed E-state index contributed by atoms with van der Waals surface area (Å²) in [7, 11) is 0. The summed E-state index contributed by atoms with van der Waals surface area (Å²) in [4.78, 5) is 12.2. The number of aliphatic hydroxyl groups is 1. The third-order valence-electron chi connectivity index (χ3n) is 5.01. The van der Waals surface area contributed by atoms with Gasteiger partial charge in [0.1, 0.15) is 0 Å². The molecule has 6 heteroatoms. The van der Waals surface area contributed by atoms with Gasteiger partial charge in [-0.1, -0.05) is 19.3 Å². The topological polar surface area (TPSA) is 79.2 Å². The summed E-state index contributed by atoms with van der Waals surface area (Å²) < 4.78 is 1.86. The molecule has 1 aromatic rings. The van der Waals surface area contributed by atoms with Crippen LogP contribution in [0.2, 0.25) is 0 Å². The van der Waals surface area contributed by atoms with E-state index in [0.717, 1.165) is 36.5 Å². The van der Waals surface area contributed by atoms with Crippen molar-refractivity contribution in [1.29, 1.82) is 0 Å². The number of rotatable bonds is 5. The van der Waals surface area contributed by atoms with Crippen molar-refractivity contribution in [1.82, 2.24) is 15.1 Å². The molecule has 0 spiro atoms. The highest BCUT2D eigenvalue weighted by Gasteiger charge is 2.33. The lowest BCUT2D eigenvalue weighted by atomic mass is 9.78. The maximum absolute atomic E-state index is 12.2. The summed E-state index contributed by atoms with van der Waals surface area (Å²) >= 11 is 0. The second-order valence-corrected chi connectivity index (χ2v) is 6.86. The number of hydrogen-bond acceptors (Lipinski definition) is 3. The SMILES string of the molecule is CCn1nc(C)c(NC(=O)NC[C@@](C)(O)C2CCCCC2)c1C. The van der Waals surface area contributed by atoms with Crippen LogP contribution in [0, 0.1) is 19.8 Å². The van der Waals surface area contributed by atoms with E-state index >= 15 is 0 Å². The molecule has 0 aliphatic heterocycles. The predicted molar refractivity (Wildman–Crippen MR) is 91.6 cm³/mol. The first-order valence-corrected chi connectivity index (χ1v) is 8.66. The molecule has 0 saturated heterocycles. The third-order valence-corrected chi connectivity index (χ3v) is 5.01. The molecule has 0 radical (unpaired) electrons. The lowest BCUT2D eigenvalue weighted by Crippen LogP contribution is -2.47. The van der Waals surface area contributed by atoms with Gasteiger partial charge < -0.3 is 15.7 Å². The number of carbonyl (C=O) groups is 1. The molecule has 1 aliphatic rings. The molecule has 0 bridgehead atoms. The molecule has 1 fully saturated rings. The van der Waals surface area contributed by atoms with E-state index in [9.17, 15) is 9.90 Å². The summed E-state index contributed by atoms with van der Waals surface area (Å²) in [6.45, 7) is 8.71. The fourth-order valence-corrected chi connectivity index (χ4v) is 3.47. The van der Waals surface area contributed by atoms with E-state index in [1.807, 2.05) is 32.4 Å². The Labute approximate surface area is 138 Å². The number of aromatic nitrogens is 2. The number of aryl methyl sites for hydroxylation is 2. The summed E-state index contributed by atoms with van der Waals surface area (Å²) in [5.74, 6) is 0.267. The molecule has 1 aromatic heterocycles. The minimum atomic E-state index is -0.852. The standard InChI is InChI=1S/C17H30N4O2/c1-5-21-13(3)15(12(2)20-21)19-16(22)18-11-17(4,23)14-9-7-6-8-10-14/h14,23H,5-11H2,1-4H3,(H2,18,19,22)/t17-/m1/s1. The van der Waals surface area contributed by atoms with Crippen LogP contribution in [0.5, 0.6) is 0 Å². The summed E-state index contributed by atoms with van der Waals surface area (Å²) in [5.41, 5.74) is 1.65. The summed E-state index contributed by atoms with van der Waals surface area (Å²) in [6.07, 6.45) is 5.67. The van der Waals surface area contributed by atoms with Gasteiger partial charge in [0.05, 0.1) is 22.7 Å². The Bertz CT molecular complexity index is 545. The van der Waals surface area contributed by atoms with Crippen LogP contribution in [-0.2, 0) is 6.54 Å². The second kappa shape index (κ2) is 7.34. The maximum atomic E-state index is 12.2. The Morgan fingerprint density at radius 3 is 2.57 bits per heavy atom. The normalized spacial score (nSPS) is 18.5. The molecule has 130 valence electrons. The van der Waals surface area contributed by atoms with Gasteiger partial charge in [-0.3, -0.25) is 4.68 Å². The lowest BCUT2D eigenvalue weighted by molar-refractivity contribution is -0.0127. The van der Waals surface area contributed by atoms with Gasteiger partial charge in [-0.15, -0.1) is 0 Å². The smallest absolute Gasteiger partial charge is 0.319 e. The molecule has 1 saturated carbocycles. The van der Waals surface area contributed by atoms with E-state index in [2.05, 4.69) is 15.7 Å². The average molecular weight is 322 g/mol. The lowest BCUT2D eigenvalue weighted by Gasteiger charge is -2.35. The third kappa shape index (κ3) is 4.25. The molecule has 1 aliphatic carbocycles. The van der Waals surface area contributed by atoms with Gasteiger partial charge in [0.25, 0.3) is 0 Å². The first-order valence-electron chi connectivity index (χ1n) is 8.66. The fraction of sp³-hybridized carbons (Fsp3) is 0.765. The Morgan fingerprint density at radius 2 is 2.00 bits per heavy atom. The molecule has 1 heterocycles. The van der Waals surface area contributed by atoms with Crippen molar-refractivity contribution in [2.45, 2.75) is 71.9 Å². The van der Waals surface area contributed by atoms with Crippen LogP contribution in [0.15, 0.2) is 0 Å². The number of nitrogens with one attached hydrogen (secondary N) is 2. The molecule has 1 atom stereocenters. The second-order valence-electron chi connectivity index (χ2n) is 6.86. The first-order chi connectivity index (χ1) is 10.8. The van der Waals surface area contributed by atoms with Crippen LogP contribution >= 0.6 is 0 Å². The number of amides is 2. The van der Waals surface area contributed by atoms with E-state index in [1.165, 1.54) is 19.3 Å². The van der Waals surface area contributed by atoms with Gasteiger partial charge in [0, 0.05) is 13.1 Å². The minimum Gasteiger partial charge on any atom is -0.388 e. The summed E-state index contributed by atoms with van der Waals surface area (Å²) in [5, 5.41) is 20.7. The van der Waals surface area contributed by atoms with Gasteiger partial charge in [-0.2, -0.15) is 5.10 Å². The van der Waals surface area contributed by atoms with E-state index in [0.29, 0.717) is 0 Å². The average Bonchev–Trinajstić information content (AvgIpc) is 2.81. The zero-order valence-electron chi connectivity index (χ0n) is 14.8. The highest BCUT2D eigenvalue weighted by atomic mass is 16.3. The van der Waals surface area contributed by atoms with Crippen LogP contribution in [0.1, 0.15) is 57.3 Å². The van der Waals surface area contributed by atoms with Crippen molar-refractivity contribution in [2.75, 3.05) is 11.9 Å². The molecule has 2 amide bonds. The first kappa shape index (κ1) is 17.8. The molecule has 6 nitrogen and oxygen atoms in total. The Hall–Kier alpha value is -1.56. The molecular formula is C17H30N4O2. The Morgan fingerprint density at radius 1 is 1.35 bits per heavy atom. The molecule has 3 N–H and O–H groups in total. The molecule has 2 rings (SSSR count). The minimum absolute atomic E-state index is 0.267. The zero-order valence-corrected chi connectivity index (χ0v) is 14.8. The van der Waals surface area contributed by atoms with E-state index in [1.54, 1.807) is 0 Å². The van der Waals surface area contributed by atoms with Crippen LogP contribution < -0.4 is 10.6 Å². The van der Waals surface area contributed by atoms with Gasteiger partial charge in [-0.25, -0.2) is 4.79 Å². The number of carbonyl (C=O) groups excluding carboxylic acids is 1. The van der Waals surface area contributed by atoms with Crippen molar-refractivity contribution in [3.63, 3.8) is 0 Å². The van der Waals surface area contributed by atoms with Gasteiger partial charge in [0.2, 0.25) is 0 Å². The van der Waals surface area contributed by atoms with E-state index in [4.69, 9.17) is 0 Å². The predicted octanol–water partition coefficient (Wildman–Crippen LogP) is 2.97. The fourth-order valence-electron chi connectivity index (χ4n) is 3.47. The zero-order chi connectivity index (χ0) is 17.0. The van der Waals surface area contributed by atoms with Crippen LogP contribution in [0.4, 0.5) is 10.5 Å². The van der Waals surface area contributed by atoms with E-state index in [-0.39, 0.29) is 18.5 Å². The highest BCUT2D eigenvalue weighted by molar-refractivity contribution is 5.90. The monoisotopic (exact) mass is 322 g/mol. The molecular weight excluding hydrogens is 292 g/mol. The van der Waals surface area contributed by atoms with Crippen molar-refractivity contribution >= 4 is 11.7 Å². The van der Waals surface area contributed by atoms with Crippen molar-refractivity contribution in [3.8, 4) is 0 Å². The highest BCUT2D eigenvalue weighted by Crippen LogP contribution is 2.32. The molecule has 23 heavy (non-hydrogen) atoms. The largest absolute Gasteiger partial charge is 0.388 e. The Kier molecular flexibility index (Phi) is 5.68. The summed E-state index contributed by atoms with van der Waals surface area (Å²) in [6, 6.07) is -0.289. The van der Waals surface area contributed by atoms with Crippen LogP contribution in [0.3, 0.4) is 0 Å². The van der Waals surface area contributed by atoms with Gasteiger partial charge in [-0.05, 0) is 46.5 Å².